The van der Waals surface area contributed by atoms with Gasteiger partial charge in [-0.05, 0) is 25.5 Å². The molecule has 110 valence electrons. The lowest BCUT2D eigenvalue weighted by Gasteiger charge is -2.18. The maximum absolute atomic E-state index is 12.4. The number of hydrogen-bond acceptors (Lipinski definition) is 2. The number of furan rings is 1. The normalized spacial score (nSPS) is 13.8. The lowest BCUT2D eigenvalue weighted by atomic mass is 10.0. The smallest absolute Gasteiger partial charge is 0.389 e. The highest BCUT2D eigenvalue weighted by molar-refractivity contribution is 5.81. The molecule has 0 aliphatic carbocycles. The summed E-state index contributed by atoms with van der Waals surface area (Å²) in [5.74, 6) is 0. The van der Waals surface area contributed by atoms with Crippen LogP contribution in [0, 0.1) is 0 Å². The molecule has 1 unspecified atom stereocenters. The molecule has 1 aromatic carbocycles. The Morgan fingerprint density at radius 3 is 2.70 bits per heavy atom. The van der Waals surface area contributed by atoms with Crippen LogP contribution in [-0.2, 0) is 0 Å². The summed E-state index contributed by atoms with van der Waals surface area (Å²) in [4.78, 5) is 0. The molecular weight excluding hydrogens is 267 g/mol. The third kappa shape index (κ3) is 3.76. The molecule has 0 amide bonds. The van der Waals surface area contributed by atoms with Crippen LogP contribution in [0.3, 0.4) is 0 Å². The first-order valence-electron chi connectivity index (χ1n) is 6.77. The topological polar surface area (TPSA) is 25.2 Å². The number of halogens is 3. The Balaban J connectivity index is 2.21. The van der Waals surface area contributed by atoms with E-state index in [0.29, 0.717) is 12.1 Å². The number of fused-ring (bicyclic) bond motifs is 1. The summed E-state index contributed by atoms with van der Waals surface area (Å²) in [5.41, 5.74) is 1.51. The highest BCUT2D eigenvalue weighted by Crippen LogP contribution is 2.32. The number of alkyl halides is 3. The van der Waals surface area contributed by atoms with Gasteiger partial charge in [-0.1, -0.05) is 25.1 Å². The van der Waals surface area contributed by atoms with E-state index in [1.807, 2.05) is 31.2 Å². The molecule has 2 aromatic rings. The van der Waals surface area contributed by atoms with Gasteiger partial charge in [0.1, 0.15) is 5.58 Å². The third-order valence-electron chi connectivity index (χ3n) is 3.24. The number of benzene rings is 1. The van der Waals surface area contributed by atoms with Gasteiger partial charge in [0.05, 0.1) is 6.26 Å². The van der Waals surface area contributed by atoms with Crippen molar-refractivity contribution in [1.29, 1.82) is 0 Å². The first-order chi connectivity index (χ1) is 9.51. The first-order valence-corrected chi connectivity index (χ1v) is 6.77. The monoisotopic (exact) mass is 285 g/mol. The molecule has 20 heavy (non-hydrogen) atoms. The Bertz CT molecular complexity index is 547. The zero-order valence-corrected chi connectivity index (χ0v) is 11.3. The fourth-order valence-corrected chi connectivity index (χ4v) is 2.26. The maximum atomic E-state index is 12.4. The zero-order valence-electron chi connectivity index (χ0n) is 11.3. The standard InChI is InChI=1S/C15H18F3NO/c1-2-9-19-13(7-8-15(16,17)18)12-10-20-14-6-4-3-5-11(12)14/h3-6,10,13,19H,2,7-9H2,1H3. The molecule has 0 bridgehead atoms. The Morgan fingerprint density at radius 2 is 2.00 bits per heavy atom. The molecule has 0 aliphatic heterocycles. The molecule has 2 rings (SSSR count). The highest BCUT2D eigenvalue weighted by atomic mass is 19.4. The molecule has 1 aromatic heterocycles. The van der Waals surface area contributed by atoms with E-state index in [1.165, 1.54) is 0 Å². The van der Waals surface area contributed by atoms with Gasteiger partial charge in [0.25, 0.3) is 0 Å². The van der Waals surface area contributed by atoms with Gasteiger partial charge in [-0.3, -0.25) is 0 Å². The first kappa shape index (κ1) is 14.9. The summed E-state index contributed by atoms with van der Waals surface area (Å²) < 4.78 is 42.7. The second-order valence-electron chi connectivity index (χ2n) is 4.85. The minimum atomic E-state index is -4.13. The molecule has 1 N–H and O–H groups in total. The molecule has 0 saturated carbocycles. The second kappa shape index (κ2) is 6.31. The largest absolute Gasteiger partial charge is 0.464 e. The molecule has 0 saturated heterocycles. The van der Waals surface area contributed by atoms with Crippen molar-refractivity contribution in [3.63, 3.8) is 0 Å². The van der Waals surface area contributed by atoms with Crippen molar-refractivity contribution in [2.45, 2.75) is 38.4 Å². The summed E-state index contributed by atoms with van der Waals surface area (Å²) >= 11 is 0. The second-order valence-corrected chi connectivity index (χ2v) is 4.85. The van der Waals surface area contributed by atoms with E-state index in [4.69, 9.17) is 4.42 Å². The number of para-hydroxylation sites is 1. The van der Waals surface area contributed by atoms with Gasteiger partial charge in [0.15, 0.2) is 0 Å². The molecule has 5 heteroatoms. The van der Waals surface area contributed by atoms with E-state index >= 15 is 0 Å². The minimum absolute atomic E-state index is 0.0209. The molecule has 0 fully saturated rings. The van der Waals surface area contributed by atoms with Crippen molar-refractivity contribution in [2.24, 2.45) is 0 Å². The molecule has 1 atom stereocenters. The van der Waals surface area contributed by atoms with Crippen molar-refractivity contribution in [2.75, 3.05) is 6.54 Å². The lowest BCUT2D eigenvalue weighted by molar-refractivity contribution is -0.136. The number of nitrogens with one attached hydrogen (secondary N) is 1. The third-order valence-corrected chi connectivity index (χ3v) is 3.24. The van der Waals surface area contributed by atoms with E-state index in [1.54, 1.807) is 6.26 Å². The fourth-order valence-electron chi connectivity index (χ4n) is 2.26. The van der Waals surface area contributed by atoms with Crippen molar-refractivity contribution < 1.29 is 17.6 Å². The van der Waals surface area contributed by atoms with Gasteiger partial charge in [-0.2, -0.15) is 13.2 Å². The zero-order chi connectivity index (χ0) is 14.6. The van der Waals surface area contributed by atoms with Gasteiger partial charge in [0.2, 0.25) is 0 Å². The Morgan fingerprint density at radius 1 is 1.25 bits per heavy atom. The van der Waals surface area contributed by atoms with Gasteiger partial charge < -0.3 is 9.73 Å². The average molecular weight is 285 g/mol. The van der Waals surface area contributed by atoms with Crippen LogP contribution in [-0.4, -0.2) is 12.7 Å². The van der Waals surface area contributed by atoms with Crippen molar-refractivity contribution in [1.82, 2.24) is 5.32 Å². The fraction of sp³-hybridized carbons (Fsp3) is 0.467. The minimum Gasteiger partial charge on any atom is -0.464 e. The molecule has 2 nitrogen and oxygen atoms in total. The van der Waals surface area contributed by atoms with E-state index in [-0.39, 0.29) is 12.5 Å². The van der Waals surface area contributed by atoms with E-state index in [2.05, 4.69) is 5.32 Å². The van der Waals surface area contributed by atoms with Crippen LogP contribution in [0.1, 0.15) is 37.8 Å². The van der Waals surface area contributed by atoms with Crippen LogP contribution in [0.15, 0.2) is 34.9 Å². The van der Waals surface area contributed by atoms with Gasteiger partial charge in [-0.25, -0.2) is 0 Å². The van der Waals surface area contributed by atoms with Crippen LogP contribution in [0.2, 0.25) is 0 Å². The quantitative estimate of drug-likeness (QED) is 0.823. The molecule has 0 aliphatic rings. The van der Waals surface area contributed by atoms with Crippen molar-refractivity contribution in [3.05, 3.63) is 36.1 Å². The average Bonchev–Trinajstić information content (AvgIpc) is 2.82. The maximum Gasteiger partial charge on any atom is 0.389 e. The highest BCUT2D eigenvalue weighted by Gasteiger charge is 2.29. The van der Waals surface area contributed by atoms with Gasteiger partial charge in [0, 0.05) is 23.4 Å². The summed E-state index contributed by atoms with van der Waals surface area (Å²) in [5, 5.41) is 4.05. The SMILES string of the molecule is CCCNC(CCC(F)(F)F)c1coc2ccccc12. The van der Waals surface area contributed by atoms with Crippen molar-refractivity contribution >= 4 is 11.0 Å². The van der Waals surface area contributed by atoms with E-state index in [0.717, 1.165) is 17.4 Å². The van der Waals surface area contributed by atoms with E-state index < -0.39 is 12.6 Å². The predicted molar refractivity (Wildman–Crippen MR) is 72.5 cm³/mol. The number of rotatable bonds is 6. The van der Waals surface area contributed by atoms with Crippen LogP contribution >= 0.6 is 0 Å². The van der Waals surface area contributed by atoms with Gasteiger partial charge in [-0.15, -0.1) is 0 Å². The van der Waals surface area contributed by atoms with E-state index in [9.17, 15) is 13.2 Å². The Hall–Kier alpha value is -1.49. The molecule has 1 heterocycles. The summed E-state index contributed by atoms with van der Waals surface area (Å²) in [7, 11) is 0. The Labute approximate surface area is 116 Å². The summed E-state index contributed by atoms with van der Waals surface area (Å²) in [6, 6.07) is 7.07. The lowest BCUT2D eigenvalue weighted by Crippen LogP contribution is -2.24. The van der Waals surface area contributed by atoms with Crippen LogP contribution < -0.4 is 5.32 Å². The summed E-state index contributed by atoms with van der Waals surface area (Å²) in [6.45, 7) is 2.67. The van der Waals surface area contributed by atoms with Crippen LogP contribution in [0.25, 0.3) is 11.0 Å². The van der Waals surface area contributed by atoms with Gasteiger partial charge >= 0.3 is 6.18 Å². The van der Waals surface area contributed by atoms with Crippen LogP contribution in [0.4, 0.5) is 13.2 Å². The molecular formula is C15H18F3NO. The van der Waals surface area contributed by atoms with Crippen LogP contribution in [0.5, 0.6) is 0 Å². The molecule has 0 radical (unpaired) electrons. The predicted octanol–water partition coefficient (Wildman–Crippen LogP) is 4.82. The summed E-state index contributed by atoms with van der Waals surface area (Å²) in [6.07, 6.45) is -2.47. The Kier molecular flexibility index (Phi) is 4.70. The van der Waals surface area contributed by atoms with Crippen molar-refractivity contribution in [3.8, 4) is 0 Å². The molecule has 0 spiro atoms. The number of hydrogen-bond donors (Lipinski definition) is 1.